The molecule has 5 nitrogen and oxygen atoms in total. The molecule has 1 aliphatic rings. The predicted octanol–water partition coefficient (Wildman–Crippen LogP) is 2.83. The van der Waals surface area contributed by atoms with Crippen molar-refractivity contribution < 1.29 is 14.3 Å². The number of carbonyl (C=O) groups is 1. The van der Waals surface area contributed by atoms with Gasteiger partial charge in [-0.1, -0.05) is 13.0 Å². The van der Waals surface area contributed by atoms with Crippen LogP contribution in [0.5, 0.6) is 11.5 Å². The highest BCUT2D eigenvalue weighted by Crippen LogP contribution is 2.49. The third kappa shape index (κ3) is 3.64. The van der Waals surface area contributed by atoms with Crippen molar-refractivity contribution in [2.75, 3.05) is 20.8 Å². The summed E-state index contributed by atoms with van der Waals surface area (Å²) in [5, 5.41) is 5.92. The third-order valence-corrected chi connectivity index (χ3v) is 4.43. The Kier molecular flexibility index (Phi) is 5.16. The van der Waals surface area contributed by atoms with Crippen molar-refractivity contribution in [3.63, 3.8) is 0 Å². The van der Waals surface area contributed by atoms with Gasteiger partial charge in [-0.3, -0.25) is 0 Å². The first-order chi connectivity index (χ1) is 10.5. The average Bonchev–Trinajstić information content (AvgIpc) is 3.33. The molecule has 0 spiro atoms. The van der Waals surface area contributed by atoms with Crippen LogP contribution in [0.15, 0.2) is 18.2 Å². The van der Waals surface area contributed by atoms with Gasteiger partial charge in [-0.05, 0) is 43.9 Å². The summed E-state index contributed by atoms with van der Waals surface area (Å²) in [5.41, 5.74) is 1.22. The topological polar surface area (TPSA) is 59.6 Å². The third-order valence-electron chi connectivity index (χ3n) is 4.43. The van der Waals surface area contributed by atoms with Crippen molar-refractivity contribution in [1.82, 2.24) is 10.6 Å². The molecule has 1 aliphatic carbocycles. The standard InChI is InChI=1S/C17H26N2O3/c1-5-12(2)19-16(20)18-11-17(8-9-17)13-6-7-14(21-3)15(10-13)22-4/h6-7,10,12H,5,8-9,11H2,1-4H3,(H2,18,19,20). The van der Waals surface area contributed by atoms with E-state index in [0.717, 1.165) is 30.8 Å². The zero-order chi connectivity index (χ0) is 16.2. The maximum Gasteiger partial charge on any atom is 0.315 e. The molecule has 0 saturated heterocycles. The van der Waals surface area contributed by atoms with E-state index in [1.54, 1.807) is 14.2 Å². The lowest BCUT2D eigenvalue weighted by Crippen LogP contribution is -2.43. The first kappa shape index (κ1) is 16.5. The normalized spacial score (nSPS) is 16.5. The molecule has 2 N–H and O–H groups in total. The minimum Gasteiger partial charge on any atom is -0.493 e. The minimum atomic E-state index is -0.0962. The van der Waals surface area contributed by atoms with E-state index in [-0.39, 0.29) is 17.5 Å². The highest BCUT2D eigenvalue weighted by molar-refractivity contribution is 5.74. The molecule has 0 bridgehead atoms. The van der Waals surface area contributed by atoms with Gasteiger partial charge in [0.15, 0.2) is 11.5 Å². The summed E-state index contributed by atoms with van der Waals surface area (Å²) >= 11 is 0. The van der Waals surface area contributed by atoms with Crippen LogP contribution in [0.1, 0.15) is 38.7 Å². The largest absolute Gasteiger partial charge is 0.493 e. The van der Waals surface area contributed by atoms with Gasteiger partial charge in [-0.25, -0.2) is 4.79 Å². The fourth-order valence-corrected chi connectivity index (χ4v) is 2.51. The van der Waals surface area contributed by atoms with Crippen LogP contribution in [0, 0.1) is 0 Å². The summed E-state index contributed by atoms with van der Waals surface area (Å²) in [4.78, 5) is 11.9. The molecule has 1 aromatic carbocycles. The number of carbonyl (C=O) groups excluding carboxylic acids is 1. The summed E-state index contributed by atoms with van der Waals surface area (Å²) in [7, 11) is 3.27. The van der Waals surface area contributed by atoms with Crippen LogP contribution >= 0.6 is 0 Å². The lowest BCUT2D eigenvalue weighted by Gasteiger charge is -2.20. The van der Waals surface area contributed by atoms with E-state index >= 15 is 0 Å². The maximum absolute atomic E-state index is 11.9. The van der Waals surface area contributed by atoms with Crippen molar-refractivity contribution >= 4 is 6.03 Å². The average molecular weight is 306 g/mol. The number of ether oxygens (including phenoxy) is 2. The van der Waals surface area contributed by atoms with Crippen LogP contribution < -0.4 is 20.1 Å². The van der Waals surface area contributed by atoms with Gasteiger partial charge in [-0.15, -0.1) is 0 Å². The van der Waals surface area contributed by atoms with Crippen molar-refractivity contribution in [3.05, 3.63) is 23.8 Å². The number of benzene rings is 1. The molecule has 0 heterocycles. The molecule has 2 amide bonds. The summed E-state index contributed by atoms with van der Waals surface area (Å²) in [6, 6.07) is 6.09. The number of methoxy groups -OCH3 is 2. The highest BCUT2D eigenvalue weighted by Gasteiger charge is 2.44. The van der Waals surface area contributed by atoms with Crippen LogP contribution in [-0.4, -0.2) is 32.8 Å². The smallest absolute Gasteiger partial charge is 0.315 e. The second kappa shape index (κ2) is 6.90. The second-order valence-electron chi connectivity index (χ2n) is 5.99. The first-order valence-electron chi connectivity index (χ1n) is 7.81. The van der Waals surface area contributed by atoms with Gasteiger partial charge in [-0.2, -0.15) is 0 Å². The number of nitrogens with one attached hydrogen (secondary N) is 2. The molecular formula is C17H26N2O3. The summed E-state index contributed by atoms with van der Waals surface area (Å²) in [5.74, 6) is 1.46. The van der Waals surface area contributed by atoms with Crippen LogP contribution in [0.25, 0.3) is 0 Å². The van der Waals surface area contributed by atoms with Gasteiger partial charge in [0.05, 0.1) is 14.2 Å². The lowest BCUT2D eigenvalue weighted by atomic mass is 9.95. The zero-order valence-electron chi connectivity index (χ0n) is 13.9. The van der Waals surface area contributed by atoms with Crippen molar-refractivity contribution in [2.24, 2.45) is 0 Å². The van der Waals surface area contributed by atoms with Crippen molar-refractivity contribution in [2.45, 2.75) is 44.6 Å². The van der Waals surface area contributed by atoms with Gasteiger partial charge < -0.3 is 20.1 Å². The number of hydrogen-bond acceptors (Lipinski definition) is 3. The molecule has 22 heavy (non-hydrogen) atoms. The quantitative estimate of drug-likeness (QED) is 0.814. The van der Waals surface area contributed by atoms with Crippen molar-refractivity contribution in [1.29, 1.82) is 0 Å². The molecule has 1 atom stereocenters. The van der Waals surface area contributed by atoms with Crippen LogP contribution in [0.3, 0.4) is 0 Å². The van der Waals surface area contributed by atoms with Gasteiger partial charge in [0.1, 0.15) is 0 Å². The molecule has 0 aliphatic heterocycles. The lowest BCUT2D eigenvalue weighted by molar-refractivity contribution is 0.236. The summed E-state index contributed by atoms with van der Waals surface area (Å²) in [6.45, 7) is 4.70. The van der Waals surface area contributed by atoms with E-state index in [1.165, 1.54) is 5.56 Å². The number of urea groups is 1. The Morgan fingerprint density at radius 3 is 2.50 bits per heavy atom. The zero-order valence-corrected chi connectivity index (χ0v) is 13.9. The second-order valence-corrected chi connectivity index (χ2v) is 5.99. The Bertz CT molecular complexity index is 527. The van der Waals surface area contributed by atoms with Gasteiger partial charge in [0, 0.05) is 18.0 Å². The van der Waals surface area contributed by atoms with E-state index in [2.05, 4.69) is 23.6 Å². The minimum absolute atomic E-state index is 0.0341. The van der Waals surface area contributed by atoms with E-state index in [9.17, 15) is 4.79 Å². The highest BCUT2D eigenvalue weighted by atomic mass is 16.5. The molecule has 2 rings (SSSR count). The molecule has 0 aromatic heterocycles. The Balaban J connectivity index is 2.01. The van der Waals surface area contributed by atoms with Crippen LogP contribution in [-0.2, 0) is 5.41 Å². The molecule has 5 heteroatoms. The van der Waals surface area contributed by atoms with Gasteiger partial charge >= 0.3 is 6.03 Å². The number of hydrogen-bond donors (Lipinski definition) is 2. The number of rotatable bonds is 7. The van der Waals surface area contributed by atoms with E-state index < -0.39 is 0 Å². The molecule has 1 fully saturated rings. The Labute approximate surface area is 132 Å². The Hall–Kier alpha value is -1.91. The predicted molar refractivity (Wildman–Crippen MR) is 86.7 cm³/mol. The SMILES string of the molecule is CCC(C)NC(=O)NCC1(c2ccc(OC)c(OC)c2)CC1. The van der Waals surface area contributed by atoms with Crippen LogP contribution in [0.2, 0.25) is 0 Å². The van der Waals surface area contributed by atoms with E-state index in [0.29, 0.717) is 6.54 Å². The van der Waals surface area contributed by atoms with E-state index in [4.69, 9.17) is 9.47 Å². The molecule has 122 valence electrons. The Morgan fingerprint density at radius 2 is 1.95 bits per heavy atom. The fraction of sp³-hybridized carbons (Fsp3) is 0.588. The molecular weight excluding hydrogens is 280 g/mol. The summed E-state index contributed by atoms with van der Waals surface area (Å²) in [6.07, 6.45) is 3.08. The number of amides is 2. The Morgan fingerprint density at radius 1 is 1.27 bits per heavy atom. The van der Waals surface area contributed by atoms with Gasteiger partial charge in [0.2, 0.25) is 0 Å². The maximum atomic E-state index is 11.9. The van der Waals surface area contributed by atoms with Gasteiger partial charge in [0.25, 0.3) is 0 Å². The van der Waals surface area contributed by atoms with E-state index in [1.807, 2.05) is 19.1 Å². The molecule has 1 saturated carbocycles. The first-order valence-corrected chi connectivity index (χ1v) is 7.81. The monoisotopic (exact) mass is 306 g/mol. The van der Waals surface area contributed by atoms with Crippen LogP contribution in [0.4, 0.5) is 4.79 Å². The molecule has 1 unspecified atom stereocenters. The molecule has 1 aromatic rings. The fourth-order valence-electron chi connectivity index (χ4n) is 2.51. The molecule has 0 radical (unpaired) electrons. The van der Waals surface area contributed by atoms with Crippen molar-refractivity contribution in [3.8, 4) is 11.5 Å². The summed E-state index contributed by atoms with van der Waals surface area (Å²) < 4.78 is 10.6.